The molecule has 5 heteroatoms. The normalized spacial score (nSPS) is 10.6. The van der Waals surface area contributed by atoms with Crippen molar-refractivity contribution in [1.82, 2.24) is 9.78 Å². The van der Waals surface area contributed by atoms with Gasteiger partial charge in [-0.25, -0.2) is 4.39 Å². The van der Waals surface area contributed by atoms with E-state index in [4.69, 9.17) is 5.73 Å². The second-order valence-electron chi connectivity index (χ2n) is 3.23. The van der Waals surface area contributed by atoms with Gasteiger partial charge < -0.3 is 5.73 Å². The first-order valence-electron chi connectivity index (χ1n) is 4.32. The summed E-state index contributed by atoms with van der Waals surface area (Å²) in [7, 11) is 1.74. The van der Waals surface area contributed by atoms with Gasteiger partial charge in [0.2, 0.25) is 0 Å². The Balaban J connectivity index is 2.58. The number of benzene rings is 1. The number of nitrogens with two attached hydrogens (primary N) is 1. The van der Waals surface area contributed by atoms with Crippen molar-refractivity contribution in [2.24, 2.45) is 7.05 Å². The van der Waals surface area contributed by atoms with E-state index in [0.29, 0.717) is 15.9 Å². The molecule has 0 amide bonds. The van der Waals surface area contributed by atoms with Gasteiger partial charge in [-0.2, -0.15) is 5.10 Å². The van der Waals surface area contributed by atoms with Gasteiger partial charge in [0.05, 0.1) is 6.20 Å². The van der Waals surface area contributed by atoms with Crippen molar-refractivity contribution in [2.45, 2.75) is 0 Å². The van der Waals surface area contributed by atoms with E-state index in [1.807, 2.05) is 0 Å². The standard InChI is InChI=1S/C10H9BrFN3/c1-15-10(13)9(5-14-15)6-2-7(11)4-8(12)3-6/h2-5H,13H2,1H3. The van der Waals surface area contributed by atoms with Crippen LogP contribution in [0.15, 0.2) is 28.9 Å². The molecule has 78 valence electrons. The van der Waals surface area contributed by atoms with Crippen LogP contribution in [0.4, 0.5) is 10.2 Å². The number of nitrogen functional groups attached to an aromatic ring is 1. The van der Waals surface area contributed by atoms with Crippen molar-refractivity contribution in [2.75, 3.05) is 5.73 Å². The first-order chi connectivity index (χ1) is 7.08. The molecule has 0 radical (unpaired) electrons. The van der Waals surface area contributed by atoms with E-state index < -0.39 is 0 Å². The van der Waals surface area contributed by atoms with Crippen LogP contribution in [0.1, 0.15) is 0 Å². The van der Waals surface area contributed by atoms with E-state index in [-0.39, 0.29) is 5.82 Å². The summed E-state index contributed by atoms with van der Waals surface area (Å²) in [4.78, 5) is 0. The number of aromatic nitrogens is 2. The molecule has 2 rings (SSSR count). The molecule has 2 aromatic rings. The molecule has 0 saturated heterocycles. The van der Waals surface area contributed by atoms with Crippen molar-refractivity contribution in [3.8, 4) is 11.1 Å². The molecule has 0 aliphatic rings. The number of halogens is 2. The molecule has 1 aromatic heterocycles. The van der Waals surface area contributed by atoms with Gasteiger partial charge in [0.1, 0.15) is 11.6 Å². The fourth-order valence-corrected chi connectivity index (χ4v) is 1.84. The zero-order valence-corrected chi connectivity index (χ0v) is 9.62. The molecule has 0 unspecified atom stereocenters. The summed E-state index contributed by atoms with van der Waals surface area (Å²) < 4.78 is 15.4. The lowest BCUT2D eigenvalue weighted by Crippen LogP contribution is -1.98. The molecule has 1 aromatic carbocycles. The van der Waals surface area contributed by atoms with E-state index in [2.05, 4.69) is 21.0 Å². The summed E-state index contributed by atoms with van der Waals surface area (Å²) in [6.07, 6.45) is 1.62. The third-order valence-electron chi connectivity index (χ3n) is 2.16. The largest absolute Gasteiger partial charge is 0.383 e. The smallest absolute Gasteiger partial charge is 0.129 e. The van der Waals surface area contributed by atoms with Crippen molar-refractivity contribution in [3.05, 3.63) is 34.7 Å². The lowest BCUT2D eigenvalue weighted by atomic mass is 10.1. The van der Waals surface area contributed by atoms with Gasteiger partial charge in [-0.3, -0.25) is 4.68 Å². The third-order valence-corrected chi connectivity index (χ3v) is 2.62. The predicted molar refractivity (Wildman–Crippen MR) is 60.7 cm³/mol. The minimum Gasteiger partial charge on any atom is -0.383 e. The van der Waals surface area contributed by atoms with Gasteiger partial charge in [0, 0.05) is 17.1 Å². The van der Waals surface area contributed by atoms with Gasteiger partial charge in [-0.15, -0.1) is 0 Å². The Bertz CT molecular complexity index is 487. The van der Waals surface area contributed by atoms with Crippen LogP contribution >= 0.6 is 15.9 Å². The summed E-state index contributed by atoms with van der Waals surface area (Å²) in [6, 6.07) is 4.63. The van der Waals surface area contributed by atoms with E-state index in [0.717, 1.165) is 5.56 Å². The number of anilines is 1. The van der Waals surface area contributed by atoms with Crippen LogP contribution in [-0.2, 0) is 7.05 Å². The van der Waals surface area contributed by atoms with E-state index in [9.17, 15) is 4.39 Å². The second kappa shape index (κ2) is 3.66. The molecule has 0 atom stereocenters. The molecule has 2 N–H and O–H groups in total. The minimum atomic E-state index is -0.303. The summed E-state index contributed by atoms with van der Waals surface area (Å²) >= 11 is 3.23. The number of hydrogen-bond donors (Lipinski definition) is 1. The Morgan fingerprint density at radius 1 is 1.40 bits per heavy atom. The first-order valence-corrected chi connectivity index (χ1v) is 5.11. The molecular weight excluding hydrogens is 261 g/mol. The van der Waals surface area contributed by atoms with Crippen LogP contribution in [0.5, 0.6) is 0 Å². The van der Waals surface area contributed by atoms with Crippen LogP contribution in [0, 0.1) is 5.82 Å². The molecule has 0 aliphatic carbocycles. The maximum absolute atomic E-state index is 13.2. The second-order valence-corrected chi connectivity index (χ2v) is 4.14. The quantitative estimate of drug-likeness (QED) is 0.865. The zero-order valence-electron chi connectivity index (χ0n) is 8.04. The van der Waals surface area contributed by atoms with Gasteiger partial charge in [-0.05, 0) is 23.8 Å². The van der Waals surface area contributed by atoms with E-state index >= 15 is 0 Å². The molecule has 0 aliphatic heterocycles. The average molecular weight is 270 g/mol. The fraction of sp³-hybridized carbons (Fsp3) is 0.100. The van der Waals surface area contributed by atoms with E-state index in [1.54, 1.807) is 24.0 Å². The predicted octanol–water partition coefficient (Wildman–Crippen LogP) is 2.57. The summed E-state index contributed by atoms with van der Waals surface area (Å²) in [5.41, 5.74) is 7.25. The number of hydrogen-bond acceptors (Lipinski definition) is 2. The van der Waals surface area contributed by atoms with Crippen LogP contribution in [0.2, 0.25) is 0 Å². The van der Waals surface area contributed by atoms with Crippen LogP contribution in [0.25, 0.3) is 11.1 Å². The SMILES string of the molecule is Cn1ncc(-c2cc(F)cc(Br)c2)c1N. The Kier molecular flexibility index (Phi) is 2.48. The van der Waals surface area contributed by atoms with Gasteiger partial charge in [0.15, 0.2) is 0 Å². The molecule has 0 fully saturated rings. The first kappa shape index (κ1) is 10.2. The topological polar surface area (TPSA) is 43.8 Å². The highest BCUT2D eigenvalue weighted by molar-refractivity contribution is 9.10. The molecule has 0 bridgehead atoms. The van der Waals surface area contributed by atoms with Crippen LogP contribution in [-0.4, -0.2) is 9.78 Å². The van der Waals surface area contributed by atoms with Crippen molar-refractivity contribution >= 4 is 21.7 Å². The molecule has 3 nitrogen and oxygen atoms in total. The molecule has 0 spiro atoms. The van der Waals surface area contributed by atoms with E-state index in [1.165, 1.54) is 12.1 Å². The Labute approximate surface area is 94.8 Å². The van der Waals surface area contributed by atoms with Crippen molar-refractivity contribution < 1.29 is 4.39 Å². The molecule has 1 heterocycles. The zero-order chi connectivity index (χ0) is 11.0. The summed E-state index contributed by atoms with van der Waals surface area (Å²) in [6.45, 7) is 0. The Morgan fingerprint density at radius 3 is 2.67 bits per heavy atom. The lowest BCUT2D eigenvalue weighted by Gasteiger charge is -2.02. The lowest BCUT2D eigenvalue weighted by molar-refractivity contribution is 0.627. The fourth-order valence-electron chi connectivity index (χ4n) is 1.38. The summed E-state index contributed by atoms with van der Waals surface area (Å²) in [5.74, 6) is 0.218. The minimum absolute atomic E-state index is 0.303. The van der Waals surface area contributed by atoms with Crippen LogP contribution < -0.4 is 5.73 Å². The van der Waals surface area contributed by atoms with Gasteiger partial charge in [-0.1, -0.05) is 15.9 Å². The molecule has 15 heavy (non-hydrogen) atoms. The van der Waals surface area contributed by atoms with Gasteiger partial charge in [0.25, 0.3) is 0 Å². The van der Waals surface area contributed by atoms with Gasteiger partial charge >= 0.3 is 0 Å². The molecule has 0 saturated carbocycles. The Morgan fingerprint density at radius 2 is 2.13 bits per heavy atom. The maximum atomic E-state index is 13.2. The highest BCUT2D eigenvalue weighted by Crippen LogP contribution is 2.28. The van der Waals surface area contributed by atoms with Crippen molar-refractivity contribution in [1.29, 1.82) is 0 Å². The monoisotopic (exact) mass is 269 g/mol. The highest BCUT2D eigenvalue weighted by Gasteiger charge is 2.08. The summed E-state index contributed by atoms with van der Waals surface area (Å²) in [5, 5.41) is 4.01. The van der Waals surface area contributed by atoms with Crippen molar-refractivity contribution in [3.63, 3.8) is 0 Å². The molecular formula is C10H9BrFN3. The third kappa shape index (κ3) is 1.87. The Hall–Kier alpha value is -1.36. The number of nitrogens with zero attached hydrogens (tertiary/aromatic N) is 2. The maximum Gasteiger partial charge on any atom is 0.129 e. The average Bonchev–Trinajstić information content (AvgIpc) is 2.46. The number of aryl methyl sites for hydroxylation is 1. The highest BCUT2D eigenvalue weighted by atomic mass is 79.9. The number of rotatable bonds is 1. The van der Waals surface area contributed by atoms with Crippen LogP contribution in [0.3, 0.4) is 0 Å².